The first-order valence-corrected chi connectivity index (χ1v) is 7.75. The second-order valence-electron chi connectivity index (χ2n) is 4.94. The van der Waals surface area contributed by atoms with Crippen molar-refractivity contribution in [2.24, 2.45) is 5.92 Å². The number of carbonyl (C=O) groups excluding carboxylic acids is 1. The zero-order chi connectivity index (χ0) is 12.3. The molecule has 94 valence electrons. The summed E-state index contributed by atoms with van der Waals surface area (Å²) in [5.41, 5.74) is 0. The molecule has 1 amide bonds. The van der Waals surface area contributed by atoms with Crippen molar-refractivity contribution in [2.45, 2.75) is 50.8 Å². The minimum Gasteiger partial charge on any atom is -0.352 e. The molecule has 0 aromatic carbocycles. The summed E-state index contributed by atoms with van der Waals surface area (Å²) >= 11 is 0. The molecule has 0 aromatic rings. The Morgan fingerprint density at radius 1 is 1.25 bits per heavy atom. The molecule has 1 aliphatic rings. The van der Waals surface area contributed by atoms with E-state index in [-0.39, 0.29) is 11.9 Å². The van der Waals surface area contributed by atoms with Gasteiger partial charge in [0.2, 0.25) is 5.91 Å². The van der Waals surface area contributed by atoms with E-state index in [9.17, 15) is 13.2 Å². The predicted octanol–water partition coefficient (Wildman–Crippen LogP) is 1.11. The van der Waals surface area contributed by atoms with Gasteiger partial charge < -0.3 is 5.32 Å². The van der Waals surface area contributed by atoms with Gasteiger partial charge in [0, 0.05) is 12.3 Å². The lowest BCUT2D eigenvalue weighted by molar-refractivity contribution is -0.121. The van der Waals surface area contributed by atoms with Crippen LogP contribution in [0.25, 0.3) is 0 Å². The van der Waals surface area contributed by atoms with E-state index in [0.29, 0.717) is 0 Å². The average Bonchev–Trinajstić information content (AvgIpc) is 2.19. The van der Waals surface area contributed by atoms with Crippen LogP contribution in [0.5, 0.6) is 0 Å². The quantitative estimate of drug-likeness (QED) is 0.812. The second-order valence-corrected chi connectivity index (χ2v) is 7.30. The van der Waals surface area contributed by atoms with E-state index < -0.39 is 15.1 Å². The van der Waals surface area contributed by atoms with Gasteiger partial charge in [0.25, 0.3) is 0 Å². The van der Waals surface area contributed by atoms with Crippen LogP contribution < -0.4 is 5.32 Å². The van der Waals surface area contributed by atoms with Crippen LogP contribution in [-0.2, 0) is 14.6 Å². The summed E-state index contributed by atoms with van der Waals surface area (Å²) in [4.78, 5) is 11.6. The largest absolute Gasteiger partial charge is 0.352 e. The monoisotopic (exact) mass is 247 g/mol. The van der Waals surface area contributed by atoms with Crippen molar-refractivity contribution in [2.75, 3.05) is 6.26 Å². The number of nitrogens with one attached hydrogen (secondary N) is 1. The summed E-state index contributed by atoms with van der Waals surface area (Å²) < 4.78 is 22.4. The third-order valence-corrected chi connectivity index (χ3v) is 4.87. The van der Waals surface area contributed by atoms with Crippen LogP contribution in [0.4, 0.5) is 0 Å². The molecule has 1 saturated carbocycles. The summed E-state index contributed by atoms with van der Waals surface area (Å²) in [5, 5.41) is 1.89. The van der Waals surface area contributed by atoms with Gasteiger partial charge in [0.05, 0.1) is 0 Å². The van der Waals surface area contributed by atoms with Crippen LogP contribution in [0.2, 0.25) is 0 Å². The fraction of sp³-hybridized carbons (Fsp3) is 0.909. The maximum Gasteiger partial charge on any atom is 0.238 e. The molecule has 4 nitrogen and oxygen atoms in total. The van der Waals surface area contributed by atoms with Crippen molar-refractivity contribution in [1.29, 1.82) is 0 Å². The smallest absolute Gasteiger partial charge is 0.238 e. The van der Waals surface area contributed by atoms with Crippen molar-refractivity contribution in [3.05, 3.63) is 0 Å². The van der Waals surface area contributed by atoms with Crippen LogP contribution in [0, 0.1) is 5.92 Å². The number of rotatable bonds is 3. The molecule has 1 N–H and O–H groups in total. The number of carbonyl (C=O) groups is 1. The molecule has 0 heterocycles. The Balaban J connectivity index is 2.46. The van der Waals surface area contributed by atoms with Crippen LogP contribution in [0.1, 0.15) is 39.5 Å². The summed E-state index contributed by atoms with van der Waals surface area (Å²) in [6, 6.07) is 0.160. The lowest BCUT2D eigenvalue weighted by atomic mass is 9.87. The zero-order valence-electron chi connectivity index (χ0n) is 10.2. The topological polar surface area (TPSA) is 63.2 Å². The number of hydrogen-bond donors (Lipinski definition) is 1. The predicted molar refractivity (Wildman–Crippen MR) is 63.9 cm³/mol. The minimum absolute atomic E-state index is 0.160. The number of sulfone groups is 1. The van der Waals surface area contributed by atoms with Gasteiger partial charge in [-0.2, -0.15) is 0 Å². The van der Waals surface area contributed by atoms with Crippen molar-refractivity contribution in [3.63, 3.8) is 0 Å². The molecule has 0 spiro atoms. The van der Waals surface area contributed by atoms with E-state index in [1.54, 1.807) is 0 Å². The Morgan fingerprint density at radius 2 is 1.75 bits per heavy atom. The lowest BCUT2D eigenvalue weighted by Crippen LogP contribution is -2.44. The van der Waals surface area contributed by atoms with E-state index in [4.69, 9.17) is 0 Å². The molecule has 0 saturated heterocycles. The molecule has 0 bridgehead atoms. The lowest BCUT2D eigenvalue weighted by Gasteiger charge is -2.27. The molecule has 1 aliphatic carbocycles. The molecule has 0 aliphatic heterocycles. The van der Waals surface area contributed by atoms with Crippen molar-refractivity contribution < 1.29 is 13.2 Å². The molecule has 0 radical (unpaired) electrons. The maximum atomic E-state index is 11.6. The van der Waals surface area contributed by atoms with Gasteiger partial charge in [-0.1, -0.05) is 6.92 Å². The summed E-state index contributed by atoms with van der Waals surface area (Å²) in [7, 11) is -3.28. The van der Waals surface area contributed by atoms with Gasteiger partial charge >= 0.3 is 0 Å². The number of hydrogen-bond acceptors (Lipinski definition) is 3. The van der Waals surface area contributed by atoms with Gasteiger partial charge in [0.1, 0.15) is 5.25 Å². The Hall–Kier alpha value is -0.580. The third kappa shape index (κ3) is 3.77. The van der Waals surface area contributed by atoms with Crippen LogP contribution >= 0.6 is 0 Å². The first kappa shape index (κ1) is 13.5. The van der Waals surface area contributed by atoms with Crippen molar-refractivity contribution in [3.8, 4) is 0 Å². The third-order valence-electron chi connectivity index (χ3n) is 3.37. The average molecular weight is 247 g/mol. The summed E-state index contributed by atoms with van der Waals surface area (Å²) in [6.07, 6.45) is 5.24. The SMILES string of the molecule is CC1CCC(NC(=O)[C@@H](C)S(C)(=O)=O)CC1. The Labute approximate surface area is 97.7 Å². The second kappa shape index (κ2) is 5.17. The molecule has 1 fully saturated rings. The molecule has 5 heteroatoms. The van der Waals surface area contributed by atoms with E-state index >= 15 is 0 Å². The van der Waals surface area contributed by atoms with Crippen LogP contribution in [-0.4, -0.2) is 31.9 Å². The van der Waals surface area contributed by atoms with E-state index in [1.165, 1.54) is 6.92 Å². The first-order valence-electron chi connectivity index (χ1n) is 5.80. The van der Waals surface area contributed by atoms with Gasteiger partial charge in [-0.3, -0.25) is 4.79 Å². The zero-order valence-corrected chi connectivity index (χ0v) is 11.0. The van der Waals surface area contributed by atoms with Gasteiger partial charge in [-0.05, 0) is 38.5 Å². The first-order chi connectivity index (χ1) is 7.30. The Kier molecular flexibility index (Phi) is 4.35. The highest BCUT2D eigenvalue weighted by Gasteiger charge is 2.27. The van der Waals surface area contributed by atoms with E-state index in [1.807, 2.05) is 0 Å². The molecule has 1 atom stereocenters. The molecular formula is C11H21NO3S. The van der Waals surface area contributed by atoms with E-state index in [2.05, 4.69) is 12.2 Å². The fourth-order valence-corrected chi connectivity index (χ4v) is 2.37. The van der Waals surface area contributed by atoms with Crippen molar-refractivity contribution >= 4 is 15.7 Å². The van der Waals surface area contributed by atoms with Gasteiger partial charge in [-0.15, -0.1) is 0 Å². The number of amides is 1. The van der Waals surface area contributed by atoms with E-state index in [0.717, 1.165) is 37.9 Å². The molecule has 16 heavy (non-hydrogen) atoms. The molecule has 0 aromatic heterocycles. The van der Waals surface area contributed by atoms with Crippen LogP contribution in [0.3, 0.4) is 0 Å². The maximum absolute atomic E-state index is 11.6. The fourth-order valence-electron chi connectivity index (χ4n) is 1.92. The molecule has 0 unspecified atom stereocenters. The highest BCUT2D eigenvalue weighted by Crippen LogP contribution is 2.23. The molecular weight excluding hydrogens is 226 g/mol. The minimum atomic E-state index is -3.28. The molecule has 1 rings (SSSR count). The highest BCUT2D eigenvalue weighted by molar-refractivity contribution is 7.92. The summed E-state index contributed by atoms with van der Waals surface area (Å²) in [5.74, 6) is 0.363. The summed E-state index contributed by atoms with van der Waals surface area (Å²) in [6.45, 7) is 3.65. The standard InChI is InChI=1S/C11H21NO3S/c1-8-4-6-10(7-5-8)12-11(13)9(2)16(3,14)15/h8-10H,4-7H2,1-3H3,(H,12,13)/t8?,9-,10?/m1/s1. The van der Waals surface area contributed by atoms with Crippen molar-refractivity contribution in [1.82, 2.24) is 5.32 Å². The van der Waals surface area contributed by atoms with Gasteiger partial charge in [-0.25, -0.2) is 8.42 Å². The normalized spacial score (nSPS) is 28.4. The van der Waals surface area contributed by atoms with Crippen LogP contribution in [0.15, 0.2) is 0 Å². The Morgan fingerprint density at radius 3 is 2.19 bits per heavy atom. The Bertz CT molecular complexity index is 342. The van der Waals surface area contributed by atoms with Gasteiger partial charge in [0.15, 0.2) is 9.84 Å². The highest BCUT2D eigenvalue weighted by atomic mass is 32.2.